The largest absolute Gasteiger partial charge is 0.497 e. The van der Waals surface area contributed by atoms with Crippen molar-refractivity contribution in [3.8, 4) is 5.75 Å². The first-order valence-corrected chi connectivity index (χ1v) is 15.0. The van der Waals surface area contributed by atoms with Gasteiger partial charge in [-0.3, -0.25) is 9.59 Å². The molecule has 1 heterocycles. The molecule has 0 aliphatic carbocycles. The van der Waals surface area contributed by atoms with Gasteiger partial charge in [-0.25, -0.2) is 12.8 Å². The number of rotatable bonds is 10. The molecule has 7 nitrogen and oxygen atoms in total. The summed E-state index contributed by atoms with van der Waals surface area (Å²) >= 11 is 6.41. The Labute approximate surface area is 239 Å². The number of ether oxygens (including phenoxy) is 1. The van der Waals surface area contributed by atoms with Crippen LogP contribution >= 0.6 is 11.6 Å². The van der Waals surface area contributed by atoms with Crippen molar-refractivity contribution in [3.05, 3.63) is 100 Å². The van der Waals surface area contributed by atoms with Gasteiger partial charge in [-0.2, -0.15) is 4.31 Å². The highest BCUT2D eigenvalue weighted by Gasteiger charge is 2.57. The van der Waals surface area contributed by atoms with Crippen molar-refractivity contribution in [2.24, 2.45) is 11.8 Å². The van der Waals surface area contributed by atoms with Gasteiger partial charge in [0.1, 0.15) is 17.6 Å². The topological polar surface area (TPSA) is 92.8 Å². The lowest BCUT2D eigenvalue weighted by Crippen LogP contribution is -2.49. The van der Waals surface area contributed by atoms with E-state index in [-0.39, 0.29) is 28.7 Å². The predicted octanol–water partition coefficient (Wildman–Crippen LogP) is 5.40. The Morgan fingerprint density at radius 2 is 1.68 bits per heavy atom. The van der Waals surface area contributed by atoms with Crippen molar-refractivity contribution < 1.29 is 27.1 Å². The van der Waals surface area contributed by atoms with Crippen LogP contribution in [0.2, 0.25) is 5.02 Å². The summed E-state index contributed by atoms with van der Waals surface area (Å²) in [6.45, 7) is 3.54. The minimum atomic E-state index is -3.99. The molecule has 4 atom stereocenters. The number of methoxy groups -OCH3 is 1. The van der Waals surface area contributed by atoms with Gasteiger partial charge in [0.2, 0.25) is 15.9 Å². The molecule has 40 heavy (non-hydrogen) atoms. The van der Waals surface area contributed by atoms with Crippen molar-refractivity contribution >= 4 is 33.3 Å². The number of benzene rings is 3. The number of ketones is 1. The Hall–Kier alpha value is -3.27. The summed E-state index contributed by atoms with van der Waals surface area (Å²) in [5.41, 5.74) is 1.48. The van der Waals surface area contributed by atoms with Crippen molar-refractivity contribution in [2.75, 3.05) is 12.9 Å². The van der Waals surface area contributed by atoms with Gasteiger partial charge in [-0.05, 0) is 59.9 Å². The fraction of sp³-hybridized carbons (Fsp3) is 0.333. The summed E-state index contributed by atoms with van der Waals surface area (Å²) in [5, 5.41) is 3.06. The van der Waals surface area contributed by atoms with Gasteiger partial charge in [-0.1, -0.05) is 61.8 Å². The zero-order valence-electron chi connectivity index (χ0n) is 22.5. The summed E-state index contributed by atoms with van der Waals surface area (Å²) < 4.78 is 47.5. The van der Waals surface area contributed by atoms with E-state index in [2.05, 4.69) is 5.32 Å². The van der Waals surface area contributed by atoms with Crippen molar-refractivity contribution in [1.82, 2.24) is 9.62 Å². The molecule has 0 bridgehead atoms. The van der Waals surface area contributed by atoms with Gasteiger partial charge in [-0.15, -0.1) is 0 Å². The van der Waals surface area contributed by atoms with E-state index in [0.717, 1.165) is 0 Å². The monoisotopic (exact) mass is 586 g/mol. The number of carbonyl (C=O) groups is 2. The van der Waals surface area contributed by atoms with E-state index in [1.54, 1.807) is 74.5 Å². The van der Waals surface area contributed by atoms with Crippen LogP contribution in [0.15, 0.2) is 72.8 Å². The number of carbonyl (C=O) groups excluding carboxylic acids is 2. The summed E-state index contributed by atoms with van der Waals surface area (Å²) in [6.07, 6.45) is 0.329. The molecular weight excluding hydrogens is 555 g/mol. The second kappa shape index (κ2) is 12.5. The molecule has 3 aromatic carbocycles. The van der Waals surface area contributed by atoms with E-state index in [1.807, 2.05) is 0 Å². The number of sulfonamides is 1. The Balaban J connectivity index is 1.82. The van der Waals surface area contributed by atoms with Crippen LogP contribution < -0.4 is 10.1 Å². The molecule has 1 fully saturated rings. The van der Waals surface area contributed by atoms with E-state index in [4.69, 9.17) is 16.3 Å². The van der Waals surface area contributed by atoms with E-state index in [9.17, 15) is 22.4 Å². The van der Waals surface area contributed by atoms with E-state index >= 15 is 0 Å². The first kappa shape index (κ1) is 29.7. The molecule has 4 rings (SSSR count). The Bertz CT molecular complexity index is 1460. The highest BCUT2D eigenvalue weighted by Crippen LogP contribution is 2.49. The van der Waals surface area contributed by atoms with Gasteiger partial charge in [0, 0.05) is 18.0 Å². The van der Waals surface area contributed by atoms with Crippen LogP contribution in [-0.4, -0.2) is 43.3 Å². The third-order valence-corrected chi connectivity index (χ3v) is 9.63. The second-order valence-corrected chi connectivity index (χ2v) is 12.3. The molecule has 0 aromatic heterocycles. The Morgan fingerprint density at radius 3 is 2.27 bits per heavy atom. The van der Waals surface area contributed by atoms with Crippen LogP contribution in [0.5, 0.6) is 5.75 Å². The normalized spacial score (nSPS) is 21.2. The molecule has 212 valence electrons. The summed E-state index contributed by atoms with van der Waals surface area (Å²) in [4.78, 5) is 27.9. The number of hydrogen-bond acceptors (Lipinski definition) is 5. The first-order chi connectivity index (χ1) is 19.1. The number of Topliss-reactive ketones (excluding diaryl/α,β-unsaturated/α-hetero) is 1. The SMILES string of the molecule is CCCS(=O)(=O)N1C(C(=O)NCc2ccc(F)cc2)C(C)C(C(=O)c2ccccc2Cl)C1c1ccc(OC)cc1. The van der Waals surface area contributed by atoms with E-state index < -0.39 is 45.7 Å². The predicted molar refractivity (Wildman–Crippen MR) is 152 cm³/mol. The minimum absolute atomic E-state index is 0.0698. The van der Waals surface area contributed by atoms with Gasteiger partial charge in [0.15, 0.2) is 5.78 Å². The molecule has 0 spiro atoms. The van der Waals surface area contributed by atoms with Gasteiger partial charge in [0.25, 0.3) is 0 Å². The highest BCUT2D eigenvalue weighted by molar-refractivity contribution is 7.89. The van der Waals surface area contributed by atoms with Crippen molar-refractivity contribution in [2.45, 2.75) is 38.9 Å². The average molecular weight is 587 g/mol. The molecule has 1 amide bonds. The Kier molecular flexibility index (Phi) is 9.28. The fourth-order valence-corrected chi connectivity index (χ4v) is 7.57. The zero-order valence-corrected chi connectivity index (χ0v) is 24.1. The second-order valence-electron chi connectivity index (χ2n) is 9.88. The van der Waals surface area contributed by atoms with Gasteiger partial charge in [0.05, 0.1) is 23.9 Å². The van der Waals surface area contributed by atoms with Crippen molar-refractivity contribution in [3.63, 3.8) is 0 Å². The third kappa shape index (κ3) is 6.06. The molecular formula is C30H32ClFN2O5S. The highest BCUT2D eigenvalue weighted by atomic mass is 35.5. The maximum atomic E-state index is 14.1. The van der Waals surface area contributed by atoms with E-state index in [0.29, 0.717) is 23.3 Å². The summed E-state index contributed by atoms with van der Waals surface area (Å²) in [7, 11) is -2.47. The molecule has 10 heteroatoms. The molecule has 1 N–H and O–H groups in total. The van der Waals surface area contributed by atoms with E-state index in [1.165, 1.54) is 23.5 Å². The maximum absolute atomic E-state index is 14.1. The van der Waals surface area contributed by atoms with Crippen LogP contribution in [0, 0.1) is 17.7 Å². The van der Waals surface area contributed by atoms with Gasteiger partial charge < -0.3 is 10.1 Å². The number of nitrogens with zero attached hydrogens (tertiary/aromatic N) is 1. The molecule has 0 radical (unpaired) electrons. The van der Waals surface area contributed by atoms with Crippen molar-refractivity contribution in [1.29, 1.82) is 0 Å². The van der Waals surface area contributed by atoms with Crippen LogP contribution in [0.4, 0.5) is 4.39 Å². The van der Waals surface area contributed by atoms with Crippen LogP contribution in [0.1, 0.15) is 47.8 Å². The molecule has 1 aliphatic heterocycles. The quantitative estimate of drug-likeness (QED) is 0.321. The smallest absolute Gasteiger partial charge is 0.239 e. The zero-order chi connectivity index (χ0) is 29.0. The minimum Gasteiger partial charge on any atom is -0.497 e. The summed E-state index contributed by atoms with van der Waals surface area (Å²) in [5.74, 6) is -2.51. The maximum Gasteiger partial charge on any atom is 0.239 e. The fourth-order valence-electron chi connectivity index (χ4n) is 5.38. The lowest BCUT2D eigenvalue weighted by Gasteiger charge is -2.30. The molecule has 1 aliphatic rings. The summed E-state index contributed by atoms with van der Waals surface area (Å²) in [6, 6.07) is 17.0. The third-order valence-electron chi connectivity index (χ3n) is 7.28. The number of amides is 1. The number of halogens is 2. The van der Waals surface area contributed by atoms with Gasteiger partial charge >= 0.3 is 0 Å². The average Bonchev–Trinajstić information content (AvgIpc) is 3.26. The lowest BCUT2D eigenvalue weighted by atomic mass is 9.80. The first-order valence-electron chi connectivity index (χ1n) is 13.0. The standard InChI is InChI=1S/C30H32ClFN2O5S/c1-4-17-40(37,38)34-27(30(36)33-18-20-9-13-22(32)14-10-20)19(2)26(29(35)24-7-5-6-8-25(24)31)28(34)21-11-15-23(39-3)16-12-21/h5-16,19,26-28H,4,17-18H2,1-3H3,(H,33,36). The molecule has 1 saturated heterocycles. The van der Waals surface area contributed by atoms with Crippen LogP contribution in [0.25, 0.3) is 0 Å². The molecule has 3 aromatic rings. The molecule has 4 unspecified atom stereocenters. The molecule has 0 saturated carbocycles. The Morgan fingerprint density at radius 1 is 1.02 bits per heavy atom. The number of nitrogens with one attached hydrogen (secondary N) is 1. The van der Waals surface area contributed by atoms with Crippen LogP contribution in [-0.2, 0) is 21.4 Å². The number of hydrogen-bond donors (Lipinski definition) is 1. The lowest BCUT2D eigenvalue weighted by molar-refractivity contribution is -0.125. The van der Waals surface area contributed by atoms with Crippen LogP contribution in [0.3, 0.4) is 0 Å².